The molecule has 8 aromatic carbocycles. The van der Waals surface area contributed by atoms with Crippen LogP contribution in [0.3, 0.4) is 0 Å². The summed E-state index contributed by atoms with van der Waals surface area (Å²) >= 11 is 0. The Bertz CT molecular complexity index is 2500. The van der Waals surface area contributed by atoms with Crippen molar-refractivity contribution < 1.29 is 199 Å². The molecule has 2 N–H and O–H groups in total. The Morgan fingerprint density at radius 2 is 0.380 bits per heavy atom. The number of hydrogen-bond donors (Lipinski definition) is 2. The summed E-state index contributed by atoms with van der Waals surface area (Å²) in [5.41, 5.74) is 1.76. The number of nitrogens with zero attached hydrogens (tertiary/aromatic N) is 2. The summed E-state index contributed by atoms with van der Waals surface area (Å²) in [6.07, 6.45) is 0. The molecule has 0 atom stereocenters. The Labute approximate surface area is 604 Å². The second-order valence-corrected chi connectivity index (χ2v) is 16.7. The van der Waals surface area contributed by atoms with Gasteiger partial charge in [0.2, 0.25) is 0 Å². The van der Waals surface area contributed by atoms with Gasteiger partial charge in [-0.25, -0.2) is 0 Å². The number of rotatable bonds is 16. The molecule has 26 heteroatoms. The zero-order chi connectivity index (χ0) is 66.3. The van der Waals surface area contributed by atoms with Crippen LogP contribution in [0.2, 0.25) is 0 Å². The first-order valence-electron chi connectivity index (χ1n) is 25.9. The van der Waals surface area contributed by atoms with Crippen molar-refractivity contribution in [1.29, 1.82) is 0 Å². The molecule has 0 aliphatic rings. The molecule has 1 radical (unpaired) electrons. The standard InChI is InChI=1S/8C7H6O2.2C5H12NO2.2Co.2Y/c8*8-7(9)6-4-2-1-3-5-6;2*1-6(2-4-7)3-5-8;;;;/h8*1-5H,(H,8,9);2*7H,2-5H2,1H3;;;;/q;;;;;;;;2*-1;2*+3;;+3/p-8. The summed E-state index contributed by atoms with van der Waals surface area (Å²) in [7, 11) is 3.63. The molecule has 0 unspecified atom stereocenters. The minimum atomic E-state index is -1.13. The molecule has 0 saturated carbocycles. The van der Waals surface area contributed by atoms with Gasteiger partial charge in [-0.3, -0.25) is 0 Å². The van der Waals surface area contributed by atoms with E-state index in [9.17, 15) is 89.4 Å². The van der Waals surface area contributed by atoms with Gasteiger partial charge in [-0.2, -0.15) is 0 Å². The average Bonchev–Trinajstić information content (AvgIpc) is 3.66. The molecule has 8 rings (SSSR count). The van der Waals surface area contributed by atoms with E-state index in [0.29, 0.717) is 26.2 Å². The van der Waals surface area contributed by atoms with Gasteiger partial charge in [0.25, 0.3) is 0 Å². The van der Waals surface area contributed by atoms with Crippen molar-refractivity contribution in [3.8, 4) is 0 Å². The summed E-state index contributed by atoms with van der Waals surface area (Å²) in [6.45, 7) is 2.35. The third-order valence-electron chi connectivity index (χ3n) is 9.99. The number of carboxylic acids is 8. The summed E-state index contributed by atoms with van der Waals surface area (Å²) < 4.78 is 0. The number of hydrogen-bond acceptors (Lipinski definition) is 22. The molecule has 8 aromatic rings. The minimum absolute atomic E-state index is 0. The van der Waals surface area contributed by atoms with E-state index in [1.807, 2.05) is 14.1 Å². The summed E-state index contributed by atoms with van der Waals surface area (Å²) in [4.78, 5) is 84.3. The van der Waals surface area contributed by atoms with Crippen LogP contribution >= 0.6 is 0 Å². The molecule has 92 heavy (non-hydrogen) atoms. The maximum atomic E-state index is 10.1. The molecule has 483 valence electrons. The van der Waals surface area contributed by atoms with Gasteiger partial charge in [-0.15, -0.1) is 13.2 Å². The van der Waals surface area contributed by atoms with E-state index in [2.05, 4.69) is 0 Å². The summed E-state index contributed by atoms with van der Waals surface area (Å²) in [5, 5.41) is 117. The van der Waals surface area contributed by atoms with E-state index in [1.54, 1.807) is 155 Å². The zero-order valence-corrected chi connectivity index (χ0v) is 57.5. The predicted octanol–water partition coefficient (Wildman–Crippen LogP) is -3.07. The fourth-order valence-electron chi connectivity index (χ4n) is 5.47. The Balaban J connectivity index is -0.000000222. The largest absolute Gasteiger partial charge is 3.00 e. The van der Waals surface area contributed by atoms with Crippen LogP contribution < -0.4 is 51.1 Å². The number of benzene rings is 8. The number of likely N-dealkylation sites (N-methyl/N-ethyl adjacent to an activating group) is 2. The van der Waals surface area contributed by atoms with Gasteiger partial charge < -0.3 is 109 Å². The minimum Gasteiger partial charge on any atom is -0.854 e. The normalized spacial score (nSPS) is 8.78. The van der Waals surface area contributed by atoms with Crippen LogP contribution in [0.1, 0.15) is 82.9 Å². The van der Waals surface area contributed by atoms with Gasteiger partial charge in [0.1, 0.15) is 0 Å². The van der Waals surface area contributed by atoms with E-state index in [0.717, 1.165) is 0 Å². The van der Waals surface area contributed by atoms with Gasteiger partial charge in [-0.05, 0) is 71.7 Å². The molecule has 0 amide bonds. The van der Waals surface area contributed by atoms with Crippen molar-refractivity contribution >= 4 is 47.8 Å². The van der Waals surface area contributed by atoms with Gasteiger partial charge in [-0.1, -0.05) is 243 Å². The maximum Gasteiger partial charge on any atom is 3.00 e. The molecule has 22 nitrogen and oxygen atoms in total. The molecule has 0 aromatic heterocycles. The third-order valence-corrected chi connectivity index (χ3v) is 9.99. The number of carbonyl (C=O) groups excluding carboxylic acids is 8. The zero-order valence-electron chi connectivity index (χ0n) is 49.7. The Hall–Kier alpha value is -7.50. The van der Waals surface area contributed by atoms with E-state index in [-0.39, 0.29) is 170 Å². The molecule has 0 aliphatic heterocycles. The predicted molar refractivity (Wildman–Crippen MR) is 305 cm³/mol. The van der Waals surface area contributed by atoms with Crippen molar-refractivity contribution in [2.24, 2.45) is 0 Å². The fourth-order valence-corrected chi connectivity index (χ4v) is 5.47. The summed E-state index contributed by atoms with van der Waals surface area (Å²) in [5.74, 6) is -9.03. The number of aliphatic hydroxyl groups excluding tert-OH is 2. The molecule has 0 fully saturated rings. The van der Waals surface area contributed by atoms with Gasteiger partial charge in [0.15, 0.2) is 0 Å². The number of carbonyl (C=O) groups is 8. The van der Waals surface area contributed by atoms with Gasteiger partial charge >= 0.3 is 66.3 Å². The molecular formula is C66H64Co2N2O20Y2-. The van der Waals surface area contributed by atoms with Crippen LogP contribution in [0.25, 0.3) is 0 Å². The van der Waals surface area contributed by atoms with E-state index in [4.69, 9.17) is 10.2 Å². The van der Waals surface area contributed by atoms with Crippen molar-refractivity contribution in [2.45, 2.75) is 0 Å². The SMILES string of the molecule is CN(CC[O-])CCO.CN(CC[O-])CCO.O=C([O-])c1ccccc1.O=C([O-])c1ccccc1.O=C([O-])c1ccccc1.O=C([O-])c1ccccc1.O=C([O-])c1ccccc1.O=C([O-])c1ccccc1.O=C([O-])c1ccccc1.O=C([O-])c1ccccc1.[Co+3].[Co+3].[Y+3].[Y]. The van der Waals surface area contributed by atoms with Crippen LogP contribution in [-0.2, 0) is 99.0 Å². The van der Waals surface area contributed by atoms with Crippen molar-refractivity contribution in [3.05, 3.63) is 287 Å². The second kappa shape index (κ2) is 63.6. The van der Waals surface area contributed by atoms with E-state index < -0.39 is 47.8 Å². The van der Waals surface area contributed by atoms with E-state index in [1.165, 1.54) is 97.1 Å². The number of carboxylic acid groups (broad SMARTS) is 8. The van der Waals surface area contributed by atoms with Crippen LogP contribution in [-0.4, -0.2) is 134 Å². The molecular weight excluding hydrogens is 1440 g/mol. The molecule has 0 heterocycles. The van der Waals surface area contributed by atoms with Crippen molar-refractivity contribution in [2.75, 3.05) is 66.7 Å². The quantitative estimate of drug-likeness (QED) is 0.0969. The molecule has 0 saturated heterocycles. The Morgan fingerprint density at radius 1 is 0.272 bits per heavy atom. The van der Waals surface area contributed by atoms with Crippen LogP contribution in [0.5, 0.6) is 0 Å². The topological polar surface area (TPSA) is 414 Å². The van der Waals surface area contributed by atoms with Gasteiger partial charge in [0.05, 0.1) is 61.0 Å². The second-order valence-electron chi connectivity index (χ2n) is 16.7. The fraction of sp³-hybridized carbons (Fsp3) is 0.152. The van der Waals surface area contributed by atoms with Crippen LogP contribution in [0.4, 0.5) is 0 Å². The Morgan fingerprint density at radius 3 is 0.446 bits per heavy atom. The smallest absolute Gasteiger partial charge is 0.854 e. The summed E-state index contributed by atoms with van der Waals surface area (Å²) in [6, 6.07) is 64.5. The first kappa shape index (κ1) is 95.6. The van der Waals surface area contributed by atoms with Crippen LogP contribution in [0.15, 0.2) is 243 Å². The molecule has 0 spiro atoms. The van der Waals surface area contributed by atoms with E-state index >= 15 is 0 Å². The van der Waals surface area contributed by atoms with Crippen molar-refractivity contribution in [3.63, 3.8) is 0 Å². The first-order valence-corrected chi connectivity index (χ1v) is 25.9. The van der Waals surface area contributed by atoms with Crippen molar-refractivity contribution in [1.82, 2.24) is 9.80 Å². The monoisotopic (exact) mass is 1500 g/mol. The Kier molecular flexibility index (Phi) is 66.1. The molecule has 0 bridgehead atoms. The van der Waals surface area contributed by atoms with Crippen LogP contribution in [0, 0.1) is 0 Å². The number of aliphatic hydroxyl groups is 2. The van der Waals surface area contributed by atoms with Gasteiger partial charge in [0, 0.05) is 45.8 Å². The molecule has 0 aliphatic carbocycles. The average molecular weight is 1500 g/mol. The first-order chi connectivity index (χ1) is 42.1. The third kappa shape index (κ3) is 54.3. The number of aromatic carboxylic acids is 8. The maximum absolute atomic E-state index is 10.1.